The monoisotopic (exact) mass is 283 g/mol. The Kier molecular flexibility index (Phi) is 4.60. The number of nitrogens with zero attached hydrogens (tertiary/aromatic N) is 2. The fraction of sp³-hybridized carbons (Fsp3) is 0.667. The Morgan fingerprint density at radius 1 is 1.63 bits per heavy atom. The first-order valence-corrected chi connectivity index (χ1v) is 7.42. The molecule has 19 heavy (non-hydrogen) atoms. The number of thiazole rings is 1. The number of amides is 1. The number of hydrogen-bond acceptors (Lipinski definition) is 6. The van der Waals surface area contributed by atoms with Gasteiger partial charge in [-0.25, -0.2) is 4.98 Å². The van der Waals surface area contributed by atoms with Gasteiger partial charge in [0, 0.05) is 19.1 Å². The molecule has 1 amide bonds. The lowest BCUT2D eigenvalue weighted by atomic mass is 10.2. The molecule has 6 nitrogen and oxygen atoms in total. The highest BCUT2D eigenvalue weighted by atomic mass is 32.1. The number of nitrogens with two attached hydrogens (primary N) is 1. The number of anilines is 2. The minimum atomic E-state index is -0.126. The first kappa shape index (κ1) is 14.1. The van der Waals surface area contributed by atoms with Crippen LogP contribution in [0.1, 0.15) is 29.4 Å². The molecule has 0 bridgehead atoms. The topological polar surface area (TPSA) is 83.3 Å². The largest absolute Gasteiger partial charge is 0.382 e. The predicted molar refractivity (Wildman–Crippen MR) is 78.7 cm³/mol. The van der Waals surface area contributed by atoms with Crippen molar-refractivity contribution in [1.29, 1.82) is 0 Å². The van der Waals surface area contributed by atoms with Crippen molar-refractivity contribution in [3.8, 4) is 0 Å². The van der Waals surface area contributed by atoms with Crippen molar-refractivity contribution in [2.45, 2.75) is 25.8 Å². The van der Waals surface area contributed by atoms with Gasteiger partial charge in [-0.2, -0.15) is 0 Å². The zero-order chi connectivity index (χ0) is 13.8. The van der Waals surface area contributed by atoms with Gasteiger partial charge in [0.05, 0.1) is 0 Å². The summed E-state index contributed by atoms with van der Waals surface area (Å²) < 4.78 is 0. The van der Waals surface area contributed by atoms with Crippen molar-refractivity contribution in [3.63, 3.8) is 0 Å². The standard InChI is InChI=1S/C12H21N5OS/c1-3-14-12-16-10(13)9(19-12)11(18)15-7-8-5-4-6-17(8)2/h8H,3-7,13H2,1-2H3,(H,14,16)(H,15,18). The minimum Gasteiger partial charge on any atom is -0.382 e. The first-order chi connectivity index (χ1) is 9.11. The van der Waals surface area contributed by atoms with Crippen LogP contribution >= 0.6 is 11.3 Å². The van der Waals surface area contributed by atoms with Gasteiger partial charge in [0.1, 0.15) is 10.7 Å². The number of rotatable bonds is 5. The number of hydrogen-bond donors (Lipinski definition) is 3. The van der Waals surface area contributed by atoms with Crippen molar-refractivity contribution in [3.05, 3.63) is 4.88 Å². The van der Waals surface area contributed by atoms with Crippen LogP contribution in [-0.4, -0.2) is 48.5 Å². The Bertz CT molecular complexity index is 447. The molecule has 2 rings (SSSR count). The van der Waals surface area contributed by atoms with Gasteiger partial charge < -0.3 is 21.3 Å². The third-order valence-corrected chi connectivity index (χ3v) is 4.38. The summed E-state index contributed by atoms with van der Waals surface area (Å²) in [5.74, 6) is 0.178. The number of likely N-dealkylation sites (N-methyl/N-ethyl adjacent to an activating group) is 1. The number of carbonyl (C=O) groups is 1. The maximum absolute atomic E-state index is 12.1. The molecule has 7 heteroatoms. The van der Waals surface area contributed by atoms with E-state index in [9.17, 15) is 4.79 Å². The highest BCUT2D eigenvalue weighted by molar-refractivity contribution is 7.18. The summed E-state index contributed by atoms with van der Waals surface area (Å²) in [7, 11) is 2.09. The molecular formula is C12H21N5OS. The molecule has 4 N–H and O–H groups in total. The Balaban J connectivity index is 1.92. The summed E-state index contributed by atoms with van der Waals surface area (Å²) in [4.78, 5) is 19.0. The number of likely N-dealkylation sites (tertiary alicyclic amines) is 1. The fourth-order valence-electron chi connectivity index (χ4n) is 2.25. The van der Waals surface area contributed by atoms with Crippen LogP contribution in [0.4, 0.5) is 10.9 Å². The molecule has 0 aromatic carbocycles. The summed E-state index contributed by atoms with van der Waals surface area (Å²) in [5.41, 5.74) is 5.77. The van der Waals surface area contributed by atoms with Crippen LogP contribution in [0.25, 0.3) is 0 Å². The van der Waals surface area contributed by atoms with E-state index in [0.717, 1.165) is 19.5 Å². The van der Waals surface area contributed by atoms with Crippen LogP contribution in [0.15, 0.2) is 0 Å². The summed E-state index contributed by atoms with van der Waals surface area (Å²) in [6, 6.07) is 0.436. The van der Waals surface area contributed by atoms with Gasteiger partial charge in [0.15, 0.2) is 5.13 Å². The summed E-state index contributed by atoms with van der Waals surface area (Å²) in [5, 5.41) is 6.71. The second kappa shape index (κ2) is 6.21. The maximum atomic E-state index is 12.1. The molecule has 1 aliphatic rings. The molecule has 1 unspecified atom stereocenters. The van der Waals surface area contributed by atoms with Gasteiger partial charge in [-0.3, -0.25) is 4.79 Å². The first-order valence-electron chi connectivity index (χ1n) is 6.60. The van der Waals surface area contributed by atoms with E-state index in [1.807, 2.05) is 6.92 Å². The third-order valence-electron chi connectivity index (χ3n) is 3.36. The molecule has 2 heterocycles. The molecule has 1 aromatic heterocycles. The molecular weight excluding hydrogens is 262 g/mol. The molecule has 0 radical (unpaired) electrons. The van der Waals surface area contributed by atoms with Crippen LogP contribution in [0.5, 0.6) is 0 Å². The normalized spacial score (nSPS) is 19.6. The van der Waals surface area contributed by atoms with Crippen LogP contribution in [-0.2, 0) is 0 Å². The van der Waals surface area contributed by atoms with E-state index in [1.165, 1.54) is 17.8 Å². The molecule has 1 atom stereocenters. The van der Waals surface area contributed by atoms with Gasteiger partial charge in [0.2, 0.25) is 0 Å². The lowest BCUT2D eigenvalue weighted by Gasteiger charge is -2.19. The fourth-order valence-corrected chi connectivity index (χ4v) is 3.12. The smallest absolute Gasteiger partial charge is 0.265 e. The van der Waals surface area contributed by atoms with E-state index < -0.39 is 0 Å². The molecule has 1 aliphatic heterocycles. The number of nitrogen functional groups attached to an aromatic ring is 1. The van der Waals surface area contributed by atoms with Crippen molar-refractivity contribution in [1.82, 2.24) is 15.2 Å². The Morgan fingerprint density at radius 3 is 3.05 bits per heavy atom. The second-order valence-electron chi connectivity index (χ2n) is 4.75. The van der Waals surface area contributed by atoms with Crippen molar-refractivity contribution in [2.24, 2.45) is 0 Å². The van der Waals surface area contributed by atoms with Crippen molar-refractivity contribution < 1.29 is 4.79 Å². The van der Waals surface area contributed by atoms with Gasteiger partial charge in [0.25, 0.3) is 5.91 Å². The van der Waals surface area contributed by atoms with Gasteiger partial charge in [-0.15, -0.1) is 0 Å². The number of carbonyl (C=O) groups excluding carboxylic acids is 1. The molecule has 0 saturated carbocycles. The molecule has 0 spiro atoms. The lowest BCUT2D eigenvalue weighted by molar-refractivity contribution is 0.0948. The summed E-state index contributed by atoms with van der Waals surface area (Å²) >= 11 is 1.30. The van der Waals surface area contributed by atoms with Gasteiger partial charge in [-0.05, 0) is 33.4 Å². The highest BCUT2D eigenvalue weighted by Crippen LogP contribution is 2.24. The summed E-state index contributed by atoms with van der Waals surface area (Å²) in [6.45, 7) is 4.52. The predicted octanol–water partition coefficient (Wildman–Crippen LogP) is 0.981. The molecule has 1 saturated heterocycles. The zero-order valence-electron chi connectivity index (χ0n) is 11.4. The molecule has 106 valence electrons. The van der Waals surface area contributed by atoms with E-state index in [2.05, 4.69) is 27.6 Å². The quantitative estimate of drug-likeness (QED) is 0.750. The Hall–Kier alpha value is -1.34. The van der Waals surface area contributed by atoms with Crippen LogP contribution in [0.3, 0.4) is 0 Å². The maximum Gasteiger partial charge on any atom is 0.265 e. The summed E-state index contributed by atoms with van der Waals surface area (Å²) in [6.07, 6.45) is 2.34. The van der Waals surface area contributed by atoms with Crippen LogP contribution < -0.4 is 16.4 Å². The average molecular weight is 283 g/mol. The van der Waals surface area contributed by atoms with E-state index in [-0.39, 0.29) is 5.91 Å². The lowest BCUT2D eigenvalue weighted by Crippen LogP contribution is -2.38. The Labute approximate surface area is 117 Å². The molecule has 1 fully saturated rings. The van der Waals surface area contributed by atoms with Crippen LogP contribution in [0, 0.1) is 0 Å². The zero-order valence-corrected chi connectivity index (χ0v) is 12.2. The number of nitrogens with one attached hydrogen (secondary N) is 2. The Morgan fingerprint density at radius 2 is 2.42 bits per heavy atom. The highest BCUT2D eigenvalue weighted by Gasteiger charge is 2.22. The van der Waals surface area contributed by atoms with E-state index in [1.54, 1.807) is 0 Å². The average Bonchev–Trinajstić information content (AvgIpc) is 2.93. The second-order valence-corrected chi connectivity index (χ2v) is 5.75. The number of aromatic nitrogens is 1. The molecule has 1 aromatic rings. The minimum absolute atomic E-state index is 0.126. The van der Waals surface area contributed by atoms with E-state index >= 15 is 0 Å². The molecule has 0 aliphatic carbocycles. The van der Waals surface area contributed by atoms with Gasteiger partial charge in [-0.1, -0.05) is 11.3 Å². The van der Waals surface area contributed by atoms with Crippen LogP contribution in [0.2, 0.25) is 0 Å². The van der Waals surface area contributed by atoms with E-state index in [0.29, 0.717) is 28.4 Å². The van der Waals surface area contributed by atoms with E-state index in [4.69, 9.17) is 5.73 Å². The van der Waals surface area contributed by atoms with Crippen molar-refractivity contribution >= 4 is 28.2 Å². The van der Waals surface area contributed by atoms with Gasteiger partial charge >= 0.3 is 0 Å². The SMILES string of the molecule is CCNc1nc(N)c(C(=O)NCC2CCCN2C)s1. The van der Waals surface area contributed by atoms with Crippen molar-refractivity contribution in [2.75, 3.05) is 37.7 Å². The third kappa shape index (κ3) is 3.36.